The first kappa shape index (κ1) is 12.9. The molecule has 84 valence electrons. The Kier molecular flexibility index (Phi) is 6.13. The van der Waals surface area contributed by atoms with Gasteiger partial charge in [-0.15, -0.1) is 0 Å². The zero-order valence-corrected chi connectivity index (χ0v) is 11.4. The first-order chi connectivity index (χ1) is 7.27. The van der Waals surface area contributed by atoms with Crippen molar-refractivity contribution in [1.82, 2.24) is 0 Å². The average molecular weight is 291 g/mol. The second-order valence-corrected chi connectivity index (χ2v) is 5.02. The Morgan fingerprint density at radius 1 is 1.33 bits per heavy atom. The Hall–Kier alpha value is -0.190. The maximum absolute atomic E-state index is 5.29. The zero-order chi connectivity index (χ0) is 11.1. The van der Waals surface area contributed by atoms with E-state index in [4.69, 9.17) is 9.47 Å². The Labute approximate surface area is 103 Å². The van der Waals surface area contributed by atoms with Crippen LogP contribution < -0.4 is 4.74 Å². The van der Waals surface area contributed by atoms with Gasteiger partial charge in [0.05, 0.1) is 13.7 Å². The lowest BCUT2D eigenvalue weighted by atomic mass is 10.2. The average Bonchev–Trinajstić information content (AvgIpc) is 2.25. The summed E-state index contributed by atoms with van der Waals surface area (Å²) in [6, 6.07) is 6.07. The quantitative estimate of drug-likeness (QED) is 0.749. The third-order valence-electron chi connectivity index (χ3n) is 1.93. The van der Waals surface area contributed by atoms with Crippen LogP contribution in [0, 0.1) is 0 Å². The van der Waals surface area contributed by atoms with Gasteiger partial charge in [0.1, 0.15) is 5.75 Å². The van der Waals surface area contributed by atoms with E-state index in [9.17, 15) is 0 Å². The molecule has 0 fully saturated rings. The molecule has 15 heavy (non-hydrogen) atoms. The summed E-state index contributed by atoms with van der Waals surface area (Å²) in [5.41, 5.74) is 1.22. The molecule has 0 spiro atoms. The van der Waals surface area contributed by atoms with E-state index in [2.05, 4.69) is 22.0 Å². The molecule has 0 bridgehead atoms. The summed E-state index contributed by atoms with van der Waals surface area (Å²) in [6.07, 6.45) is 0. The standard InChI is InChI=1S/C11H15BrO2S/c1-13-5-6-15-8-9-7-10(12)3-4-11(9)14-2/h3-4,7H,5-6,8H2,1-2H3. The van der Waals surface area contributed by atoms with Crippen LogP contribution in [0.3, 0.4) is 0 Å². The molecule has 0 aliphatic rings. The van der Waals surface area contributed by atoms with E-state index in [0.29, 0.717) is 0 Å². The summed E-state index contributed by atoms with van der Waals surface area (Å²) in [6.45, 7) is 0.793. The molecule has 0 saturated heterocycles. The minimum atomic E-state index is 0.793. The van der Waals surface area contributed by atoms with Crippen LogP contribution in [-0.4, -0.2) is 26.6 Å². The lowest BCUT2D eigenvalue weighted by Gasteiger charge is -2.08. The molecule has 0 atom stereocenters. The van der Waals surface area contributed by atoms with E-state index in [-0.39, 0.29) is 0 Å². The molecule has 0 aliphatic carbocycles. The Balaban J connectivity index is 2.54. The number of hydrogen-bond donors (Lipinski definition) is 0. The first-order valence-corrected chi connectivity index (χ1v) is 6.61. The van der Waals surface area contributed by atoms with Gasteiger partial charge in [0.2, 0.25) is 0 Å². The van der Waals surface area contributed by atoms with Crippen molar-refractivity contribution in [2.24, 2.45) is 0 Å². The summed E-state index contributed by atoms with van der Waals surface area (Å²) < 4.78 is 11.4. The number of benzene rings is 1. The lowest BCUT2D eigenvalue weighted by molar-refractivity contribution is 0.218. The van der Waals surface area contributed by atoms with Crippen LogP contribution in [0.25, 0.3) is 0 Å². The summed E-state index contributed by atoms with van der Waals surface area (Å²) in [4.78, 5) is 0. The molecule has 0 heterocycles. The molecule has 0 unspecified atom stereocenters. The highest BCUT2D eigenvalue weighted by molar-refractivity contribution is 9.10. The largest absolute Gasteiger partial charge is 0.496 e. The van der Waals surface area contributed by atoms with Crippen molar-refractivity contribution in [3.05, 3.63) is 28.2 Å². The predicted molar refractivity (Wildman–Crippen MR) is 68.7 cm³/mol. The van der Waals surface area contributed by atoms with Gasteiger partial charge in [-0.05, 0) is 18.2 Å². The maximum atomic E-state index is 5.29. The maximum Gasteiger partial charge on any atom is 0.122 e. The van der Waals surface area contributed by atoms with Gasteiger partial charge in [-0.25, -0.2) is 0 Å². The molecule has 2 nitrogen and oxygen atoms in total. The third kappa shape index (κ3) is 4.45. The smallest absolute Gasteiger partial charge is 0.122 e. The Bertz CT molecular complexity index is 305. The molecule has 1 aromatic carbocycles. The lowest BCUT2D eigenvalue weighted by Crippen LogP contribution is -1.94. The highest BCUT2D eigenvalue weighted by Gasteiger charge is 2.03. The second-order valence-electron chi connectivity index (χ2n) is 3.00. The van der Waals surface area contributed by atoms with Crippen molar-refractivity contribution < 1.29 is 9.47 Å². The third-order valence-corrected chi connectivity index (χ3v) is 3.40. The van der Waals surface area contributed by atoms with E-state index < -0.39 is 0 Å². The molecule has 0 N–H and O–H groups in total. The van der Waals surface area contributed by atoms with E-state index in [1.807, 2.05) is 23.9 Å². The molecular weight excluding hydrogens is 276 g/mol. The van der Waals surface area contributed by atoms with Crippen LogP contribution in [0.5, 0.6) is 5.75 Å². The topological polar surface area (TPSA) is 18.5 Å². The molecule has 0 amide bonds. The summed E-state index contributed by atoms with van der Waals surface area (Å²) in [5.74, 6) is 2.90. The normalized spacial score (nSPS) is 10.3. The molecule has 1 rings (SSSR count). The van der Waals surface area contributed by atoms with Crippen LogP contribution in [0.15, 0.2) is 22.7 Å². The molecule has 4 heteroatoms. The second kappa shape index (κ2) is 7.14. The number of halogens is 1. The van der Waals surface area contributed by atoms with Crippen LogP contribution in [-0.2, 0) is 10.5 Å². The Morgan fingerprint density at radius 3 is 2.80 bits per heavy atom. The summed E-state index contributed by atoms with van der Waals surface area (Å²) >= 11 is 5.30. The van der Waals surface area contributed by atoms with E-state index >= 15 is 0 Å². The van der Waals surface area contributed by atoms with Crippen molar-refractivity contribution in [3.8, 4) is 5.75 Å². The van der Waals surface area contributed by atoms with Gasteiger partial charge < -0.3 is 9.47 Å². The molecule has 1 aromatic rings. The molecule has 0 radical (unpaired) electrons. The van der Waals surface area contributed by atoms with Gasteiger partial charge in [-0.3, -0.25) is 0 Å². The highest BCUT2D eigenvalue weighted by Crippen LogP contribution is 2.26. The minimum absolute atomic E-state index is 0.793. The molecular formula is C11H15BrO2S. The number of thioether (sulfide) groups is 1. The van der Waals surface area contributed by atoms with Crippen LogP contribution in [0.1, 0.15) is 5.56 Å². The fourth-order valence-electron chi connectivity index (χ4n) is 1.18. The van der Waals surface area contributed by atoms with Crippen LogP contribution >= 0.6 is 27.7 Å². The van der Waals surface area contributed by atoms with Gasteiger partial charge in [0, 0.05) is 28.7 Å². The van der Waals surface area contributed by atoms with E-state index in [0.717, 1.165) is 28.3 Å². The van der Waals surface area contributed by atoms with E-state index in [1.165, 1.54) is 5.56 Å². The van der Waals surface area contributed by atoms with Gasteiger partial charge in [-0.2, -0.15) is 11.8 Å². The van der Waals surface area contributed by atoms with Crippen molar-refractivity contribution in [1.29, 1.82) is 0 Å². The van der Waals surface area contributed by atoms with Gasteiger partial charge in [0.25, 0.3) is 0 Å². The van der Waals surface area contributed by atoms with E-state index in [1.54, 1.807) is 14.2 Å². The van der Waals surface area contributed by atoms with Crippen LogP contribution in [0.2, 0.25) is 0 Å². The summed E-state index contributed by atoms with van der Waals surface area (Å²) in [7, 11) is 3.42. The monoisotopic (exact) mass is 290 g/mol. The van der Waals surface area contributed by atoms with Crippen molar-refractivity contribution in [2.75, 3.05) is 26.6 Å². The number of methoxy groups -OCH3 is 2. The minimum Gasteiger partial charge on any atom is -0.496 e. The number of rotatable bonds is 6. The highest BCUT2D eigenvalue weighted by atomic mass is 79.9. The van der Waals surface area contributed by atoms with Crippen molar-refractivity contribution >= 4 is 27.7 Å². The first-order valence-electron chi connectivity index (χ1n) is 4.67. The SMILES string of the molecule is COCCSCc1cc(Br)ccc1OC. The van der Waals surface area contributed by atoms with Crippen LogP contribution in [0.4, 0.5) is 0 Å². The predicted octanol–water partition coefficient (Wildman–Crippen LogP) is 3.34. The van der Waals surface area contributed by atoms with Crippen molar-refractivity contribution in [2.45, 2.75) is 5.75 Å². The van der Waals surface area contributed by atoms with Gasteiger partial charge in [0.15, 0.2) is 0 Å². The number of ether oxygens (including phenoxy) is 2. The Morgan fingerprint density at radius 2 is 2.13 bits per heavy atom. The van der Waals surface area contributed by atoms with Gasteiger partial charge in [-0.1, -0.05) is 15.9 Å². The zero-order valence-electron chi connectivity index (χ0n) is 8.96. The van der Waals surface area contributed by atoms with Gasteiger partial charge >= 0.3 is 0 Å². The number of hydrogen-bond acceptors (Lipinski definition) is 3. The fraction of sp³-hybridized carbons (Fsp3) is 0.455. The molecule has 0 aliphatic heterocycles. The van der Waals surface area contributed by atoms with Crippen molar-refractivity contribution in [3.63, 3.8) is 0 Å². The molecule has 0 saturated carbocycles. The molecule has 0 aromatic heterocycles. The fourth-order valence-corrected chi connectivity index (χ4v) is 2.47. The summed E-state index contributed by atoms with van der Waals surface area (Å²) in [5, 5.41) is 0.